The van der Waals surface area contributed by atoms with Crippen LogP contribution in [0.2, 0.25) is 0 Å². The Labute approximate surface area is 96.4 Å². The topological polar surface area (TPSA) is 51.4 Å². The second-order valence-electron chi connectivity index (χ2n) is 4.30. The highest BCUT2D eigenvalue weighted by Gasteiger charge is 2.25. The lowest BCUT2D eigenvalue weighted by Crippen LogP contribution is -2.25. The van der Waals surface area contributed by atoms with E-state index in [2.05, 4.69) is 9.88 Å². The lowest BCUT2D eigenvalue weighted by atomic mass is 10.1. The minimum atomic E-state index is 0.0188. The summed E-state index contributed by atoms with van der Waals surface area (Å²) in [6.07, 6.45) is 3.20. The summed E-state index contributed by atoms with van der Waals surface area (Å²) in [4.78, 5) is 6.70. The monoisotopic (exact) mass is 221 g/mol. The smallest absolute Gasteiger partial charge is 0.133 e. The van der Waals surface area contributed by atoms with Crippen molar-refractivity contribution in [2.75, 3.05) is 25.1 Å². The molecule has 1 aliphatic rings. The summed E-state index contributed by atoms with van der Waals surface area (Å²) in [5.74, 6) is 1.01. The van der Waals surface area contributed by atoms with Gasteiger partial charge in [-0.15, -0.1) is 0 Å². The van der Waals surface area contributed by atoms with Crippen molar-refractivity contribution in [3.63, 3.8) is 0 Å². The molecule has 0 amide bonds. The predicted octanol–water partition coefficient (Wildman–Crippen LogP) is 1.33. The second-order valence-corrected chi connectivity index (χ2v) is 4.30. The van der Waals surface area contributed by atoms with Gasteiger partial charge in [0.25, 0.3) is 0 Å². The summed E-state index contributed by atoms with van der Waals surface area (Å²) in [5.41, 5.74) is 7.06. The Hall–Kier alpha value is -1.13. The molecule has 0 aliphatic carbocycles. The molecule has 1 saturated heterocycles. The Bertz CT molecular complexity index is 354. The van der Waals surface area contributed by atoms with Crippen molar-refractivity contribution in [1.29, 1.82) is 0 Å². The number of pyridine rings is 1. The van der Waals surface area contributed by atoms with E-state index in [1.807, 2.05) is 25.3 Å². The maximum atomic E-state index is 5.95. The Morgan fingerprint density at radius 3 is 3.06 bits per heavy atom. The van der Waals surface area contributed by atoms with E-state index in [4.69, 9.17) is 10.5 Å². The Morgan fingerprint density at radius 2 is 2.44 bits per heavy atom. The molecule has 16 heavy (non-hydrogen) atoms. The van der Waals surface area contributed by atoms with E-state index in [-0.39, 0.29) is 6.04 Å². The SMILES string of the molecule is COC1CCN(c2ncccc2[C@H](C)N)C1. The summed E-state index contributed by atoms with van der Waals surface area (Å²) < 4.78 is 5.36. The van der Waals surface area contributed by atoms with Crippen LogP contribution in [0.15, 0.2) is 18.3 Å². The molecule has 1 aliphatic heterocycles. The molecule has 4 heteroatoms. The fraction of sp³-hybridized carbons (Fsp3) is 0.583. The number of hydrogen-bond donors (Lipinski definition) is 1. The summed E-state index contributed by atoms with van der Waals surface area (Å²) >= 11 is 0. The predicted molar refractivity (Wildman–Crippen MR) is 64.5 cm³/mol. The van der Waals surface area contributed by atoms with E-state index >= 15 is 0 Å². The van der Waals surface area contributed by atoms with Gasteiger partial charge in [-0.1, -0.05) is 6.07 Å². The van der Waals surface area contributed by atoms with Crippen LogP contribution in [-0.2, 0) is 4.74 Å². The first kappa shape index (κ1) is 11.4. The van der Waals surface area contributed by atoms with Crippen LogP contribution >= 0.6 is 0 Å². The number of anilines is 1. The summed E-state index contributed by atoms with van der Waals surface area (Å²) in [7, 11) is 1.76. The van der Waals surface area contributed by atoms with E-state index < -0.39 is 0 Å². The average Bonchev–Trinajstić information content (AvgIpc) is 2.77. The lowest BCUT2D eigenvalue weighted by Gasteiger charge is -2.21. The van der Waals surface area contributed by atoms with Gasteiger partial charge in [-0.3, -0.25) is 0 Å². The van der Waals surface area contributed by atoms with Gasteiger partial charge >= 0.3 is 0 Å². The van der Waals surface area contributed by atoms with Gasteiger partial charge in [0.05, 0.1) is 6.10 Å². The molecule has 2 rings (SSSR count). The normalized spacial score (nSPS) is 22.4. The molecule has 0 saturated carbocycles. The molecule has 0 spiro atoms. The van der Waals surface area contributed by atoms with Crippen LogP contribution in [0, 0.1) is 0 Å². The van der Waals surface area contributed by atoms with Gasteiger partial charge in [0.15, 0.2) is 0 Å². The lowest BCUT2D eigenvalue weighted by molar-refractivity contribution is 0.121. The average molecular weight is 221 g/mol. The molecule has 0 aromatic carbocycles. The van der Waals surface area contributed by atoms with E-state index in [9.17, 15) is 0 Å². The Kier molecular flexibility index (Phi) is 3.41. The molecule has 0 bridgehead atoms. The van der Waals surface area contributed by atoms with Crippen LogP contribution in [-0.4, -0.2) is 31.3 Å². The largest absolute Gasteiger partial charge is 0.380 e. The molecular formula is C12H19N3O. The molecule has 4 nitrogen and oxygen atoms in total. The van der Waals surface area contributed by atoms with Crippen LogP contribution in [0.25, 0.3) is 0 Å². The van der Waals surface area contributed by atoms with Crippen molar-refractivity contribution in [1.82, 2.24) is 4.98 Å². The van der Waals surface area contributed by atoms with Crippen molar-refractivity contribution in [2.45, 2.75) is 25.5 Å². The van der Waals surface area contributed by atoms with Crippen LogP contribution < -0.4 is 10.6 Å². The second kappa shape index (κ2) is 4.80. The van der Waals surface area contributed by atoms with Gasteiger partial charge in [-0.25, -0.2) is 4.98 Å². The van der Waals surface area contributed by atoms with Crippen molar-refractivity contribution < 1.29 is 4.74 Å². The minimum absolute atomic E-state index is 0.0188. The van der Waals surface area contributed by atoms with Crippen LogP contribution in [0.5, 0.6) is 0 Å². The highest BCUT2D eigenvalue weighted by Crippen LogP contribution is 2.26. The maximum Gasteiger partial charge on any atom is 0.133 e. The molecular weight excluding hydrogens is 202 g/mol. The van der Waals surface area contributed by atoms with Crippen LogP contribution in [0.3, 0.4) is 0 Å². The van der Waals surface area contributed by atoms with Crippen molar-refractivity contribution in [2.24, 2.45) is 5.73 Å². The number of methoxy groups -OCH3 is 1. The third-order valence-corrected chi connectivity index (χ3v) is 3.09. The zero-order valence-electron chi connectivity index (χ0n) is 9.89. The summed E-state index contributed by atoms with van der Waals surface area (Å²) in [6.45, 7) is 3.90. The molecule has 1 aromatic heterocycles. The number of aromatic nitrogens is 1. The fourth-order valence-corrected chi connectivity index (χ4v) is 2.14. The van der Waals surface area contributed by atoms with Crippen LogP contribution in [0.1, 0.15) is 24.9 Å². The van der Waals surface area contributed by atoms with E-state index in [1.54, 1.807) is 7.11 Å². The Balaban J connectivity index is 2.20. The molecule has 1 aromatic rings. The number of rotatable bonds is 3. The van der Waals surface area contributed by atoms with Gasteiger partial charge in [-0.05, 0) is 19.4 Å². The molecule has 88 valence electrons. The molecule has 2 atom stereocenters. The number of nitrogens with zero attached hydrogens (tertiary/aromatic N) is 2. The third-order valence-electron chi connectivity index (χ3n) is 3.09. The van der Waals surface area contributed by atoms with Gasteiger partial charge in [0, 0.05) is 38.0 Å². The van der Waals surface area contributed by atoms with Crippen molar-refractivity contribution in [3.05, 3.63) is 23.9 Å². The van der Waals surface area contributed by atoms with Gasteiger partial charge in [-0.2, -0.15) is 0 Å². The van der Waals surface area contributed by atoms with Gasteiger partial charge in [0.2, 0.25) is 0 Å². The number of hydrogen-bond acceptors (Lipinski definition) is 4. The molecule has 1 unspecified atom stereocenters. The van der Waals surface area contributed by atoms with E-state index in [0.717, 1.165) is 30.9 Å². The first-order valence-corrected chi connectivity index (χ1v) is 5.70. The van der Waals surface area contributed by atoms with Gasteiger partial charge in [0.1, 0.15) is 5.82 Å². The molecule has 1 fully saturated rings. The standard InChI is InChI=1S/C12H19N3O/c1-9(13)11-4-3-6-14-12(11)15-7-5-10(8-15)16-2/h3-4,6,9-10H,5,7-8,13H2,1-2H3/t9-,10?/m0/s1. The number of nitrogens with two attached hydrogens (primary N) is 1. The quantitative estimate of drug-likeness (QED) is 0.836. The summed E-state index contributed by atoms with van der Waals surface area (Å²) in [6, 6.07) is 4.00. The first-order chi connectivity index (χ1) is 7.72. The fourth-order valence-electron chi connectivity index (χ4n) is 2.14. The van der Waals surface area contributed by atoms with Crippen molar-refractivity contribution in [3.8, 4) is 0 Å². The van der Waals surface area contributed by atoms with Crippen LogP contribution in [0.4, 0.5) is 5.82 Å². The van der Waals surface area contributed by atoms with Gasteiger partial charge < -0.3 is 15.4 Å². The van der Waals surface area contributed by atoms with Crippen molar-refractivity contribution >= 4 is 5.82 Å². The first-order valence-electron chi connectivity index (χ1n) is 5.70. The van der Waals surface area contributed by atoms with E-state index in [1.165, 1.54) is 0 Å². The maximum absolute atomic E-state index is 5.95. The molecule has 0 radical (unpaired) electrons. The highest BCUT2D eigenvalue weighted by molar-refractivity contribution is 5.49. The highest BCUT2D eigenvalue weighted by atomic mass is 16.5. The zero-order valence-corrected chi connectivity index (χ0v) is 9.89. The molecule has 2 heterocycles. The number of ether oxygens (including phenoxy) is 1. The minimum Gasteiger partial charge on any atom is -0.380 e. The summed E-state index contributed by atoms with van der Waals surface area (Å²) in [5, 5.41) is 0. The third kappa shape index (κ3) is 2.18. The van der Waals surface area contributed by atoms with E-state index in [0.29, 0.717) is 6.10 Å². The Morgan fingerprint density at radius 1 is 1.62 bits per heavy atom. The zero-order chi connectivity index (χ0) is 11.5. The molecule has 2 N–H and O–H groups in total.